The summed E-state index contributed by atoms with van der Waals surface area (Å²) < 4.78 is 44.8. The van der Waals surface area contributed by atoms with Crippen LogP contribution in [0.3, 0.4) is 0 Å². The lowest BCUT2D eigenvalue weighted by Gasteiger charge is -2.24. The first kappa shape index (κ1) is 20.3. The van der Waals surface area contributed by atoms with Gasteiger partial charge < -0.3 is 21.1 Å². The van der Waals surface area contributed by atoms with Crippen molar-refractivity contribution >= 4 is 28.1 Å². The summed E-state index contributed by atoms with van der Waals surface area (Å²) in [6.07, 6.45) is -4.99. The number of nitrogens with zero attached hydrogens (tertiary/aromatic N) is 1. The molecule has 3 aromatic rings. The van der Waals surface area contributed by atoms with Gasteiger partial charge in [0.15, 0.2) is 0 Å². The van der Waals surface area contributed by atoms with Gasteiger partial charge in [-0.15, -0.1) is 0 Å². The van der Waals surface area contributed by atoms with E-state index in [-0.39, 0.29) is 31.1 Å². The van der Waals surface area contributed by atoms with Crippen LogP contribution in [0.5, 0.6) is 5.75 Å². The van der Waals surface area contributed by atoms with E-state index in [4.69, 9.17) is 16.2 Å². The molecule has 0 unspecified atom stereocenters. The van der Waals surface area contributed by atoms with Crippen molar-refractivity contribution in [3.05, 3.63) is 66.2 Å². The lowest BCUT2D eigenvalue weighted by molar-refractivity contribution is -0.186. The molecule has 29 heavy (non-hydrogen) atoms. The van der Waals surface area contributed by atoms with Gasteiger partial charge in [-0.25, -0.2) is 0 Å². The highest BCUT2D eigenvalue weighted by atomic mass is 19.4. The summed E-state index contributed by atoms with van der Waals surface area (Å²) in [6.45, 7) is -0.633. The van der Waals surface area contributed by atoms with Crippen molar-refractivity contribution < 1.29 is 22.7 Å². The molecule has 0 aromatic heterocycles. The predicted molar refractivity (Wildman–Crippen MR) is 106 cm³/mol. The highest BCUT2D eigenvalue weighted by molar-refractivity contribution is 5.87. The topological polar surface area (TPSA) is 81.6 Å². The van der Waals surface area contributed by atoms with E-state index in [1.807, 2.05) is 24.3 Å². The lowest BCUT2D eigenvalue weighted by atomic mass is 10.0. The molecular formula is C21H20F3N3O2. The molecule has 0 bridgehead atoms. The highest BCUT2D eigenvalue weighted by Gasteiger charge is 2.42. The molecule has 0 heterocycles. The number of anilines is 2. The van der Waals surface area contributed by atoms with E-state index in [0.29, 0.717) is 11.3 Å². The van der Waals surface area contributed by atoms with Gasteiger partial charge in [0.2, 0.25) is 0 Å². The van der Waals surface area contributed by atoms with Crippen molar-refractivity contribution in [2.24, 2.45) is 0 Å². The summed E-state index contributed by atoms with van der Waals surface area (Å²) in [5.41, 5.74) is 12.6. The molecule has 0 saturated heterocycles. The zero-order chi connectivity index (χ0) is 21.0. The molecule has 0 aliphatic rings. The lowest BCUT2D eigenvalue weighted by Crippen LogP contribution is -2.42. The number of rotatable bonds is 6. The number of hydrogen-bond acceptors (Lipinski definition) is 4. The van der Waals surface area contributed by atoms with Gasteiger partial charge in [0.1, 0.15) is 12.4 Å². The third-order valence-corrected chi connectivity index (χ3v) is 4.49. The second-order valence-corrected chi connectivity index (χ2v) is 6.47. The molecule has 0 saturated carbocycles. The van der Waals surface area contributed by atoms with Crippen molar-refractivity contribution in [2.45, 2.75) is 12.7 Å². The fourth-order valence-electron chi connectivity index (χ4n) is 3.02. The molecule has 0 fully saturated rings. The number of carbonyl (C=O) groups excluding carboxylic acids is 1. The van der Waals surface area contributed by atoms with E-state index in [1.54, 1.807) is 36.4 Å². The van der Waals surface area contributed by atoms with Gasteiger partial charge in [-0.2, -0.15) is 13.2 Å². The number of halogens is 3. The molecule has 8 heteroatoms. The minimum atomic E-state index is -4.99. The largest absolute Gasteiger partial charge is 0.490 e. The van der Waals surface area contributed by atoms with Crippen LogP contribution in [-0.4, -0.2) is 30.1 Å². The number of nitrogens with two attached hydrogens (primary N) is 2. The average Bonchev–Trinajstić information content (AvgIpc) is 2.69. The van der Waals surface area contributed by atoms with Crippen LogP contribution < -0.4 is 16.2 Å². The normalized spacial score (nSPS) is 11.4. The molecule has 0 aliphatic heterocycles. The van der Waals surface area contributed by atoms with E-state index < -0.39 is 12.1 Å². The second-order valence-electron chi connectivity index (χ2n) is 6.47. The van der Waals surface area contributed by atoms with Crippen molar-refractivity contribution in [3.8, 4) is 5.75 Å². The number of hydrogen-bond donors (Lipinski definition) is 2. The van der Waals surface area contributed by atoms with Gasteiger partial charge in [-0.3, -0.25) is 4.79 Å². The van der Waals surface area contributed by atoms with Crippen LogP contribution in [0, 0.1) is 0 Å². The molecule has 5 nitrogen and oxygen atoms in total. The van der Waals surface area contributed by atoms with E-state index in [2.05, 4.69) is 0 Å². The van der Waals surface area contributed by atoms with Crippen molar-refractivity contribution in [1.82, 2.24) is 4.90 Å². The third-order valence-electron chi connectivity index (χ3n) is 4.49. The van der Waals surface area contributed by atoms with Crippen LogP contribution in [0.1, 0.15) is 5.56 Å². The summed E-state index contributed by atoms with van der Waals surface area (Å²) in [4.78, 5) is 12.7. The third kappa shape index (κ3) is 4.71. The number of alkyl halides is 3. The monoisotopic (exact) mass is 403 g/mol. The van der Waals surface area contributed by atoms with Crippen LogP contribution in [0.15, 0.2) is 60.7 Å². The van der Waals surface area contributed by atoms with Crippen molar-refractivity contribution in [2.75, 3.05) is 24.6 Å². The van der Waals surface area contributed by atoms with E-state index in [0.717, 1.165) is 15.7 Å². The Hall–Kier alpha value is -3.42. The van der Waals surface area contributed by atoms with Gasteiger partial charge in [0.25, 0.3) is 0 Å². The average molecular weight is 403 g/mol. The van der Waals surface area contributed by atoms with Crippen LogP contribution in [-0.2, 0) is 11.3 Å². The minimum absolute atomic E-state index is 0.166. The SMILES string of the molecule is Nc1cccc(OCCN(Cc2cccc3ccccc23)C(=O)C(F)(F)F)c1N. The Kier molecular flexibility index (Phi) is 5.81. The summed E-state index contributed by atoms with van der Waals surface area (Å²) in [5.74, 6) is -1.66. The first-order valence-electron chi connectivity index (χ1n) is 8.87. The van der Waals surface area contributed by atoms with Gasteiger partial charge in [-0.1, -0.05) is 48.5 Å². The molecule has 0 spiro atoms. The van der Waals surface area contributed by atoms with E-state index in [9.17, 15) is 18.0 Å². The Balaban J connectivity index is 1.79. The summed E-state index contributed by atoms with van der Waals surface area (Å²) in [6, 6.07) is 17.4. The maximum atomic E-state index is 13.1. The quantitative estimate of drug-likeness (QED) is 0.610. The number of carbonyl (C=O) groups is 1. The van der Waals surface area contributed by atoms with Gasteiger partial charge in [-0.05, 0) is 28.5 Å². The molecule has 0 aliphatic carbocycles. The number of ether oxygens (including phenoxy) is 1. The first-order valence-corrected chi connectivity index (χ1v) is 8.87. The first-order chi connectivity index (χ1) is 13.8. The number of benzene rings is 3. The van der Waals surface area contributed by atoms with Crippen molar-refractivity contribution in [3.63, 3.8) is 0 Å². The van der Waals surface area contributed by atoms with Gasteiger partial charge in [0, 0.05) is 6.54 Å². The summed E-state index contributed by atoms with van der Waals surface area (Å²) >= 11 is 0. The van der Waals surface area contributed by atoms with Gasteiger partial charge in [0.05, 0.1) is 17.9 Å². The van der Waals surface area contributed by atoms with Crippen molar-refractivity contribution in [1.29, 1.82) is 0 Å². The maximum Gasteiger partial charge on any atom is 0.471 e. The van der Waals surface area contributed by atoms with Crippen LogP contribution in [0.4, 0.5) is 24.5 Å². The highest BCUT2D eigenvalue weighted by Crippen LogP contribution is 2.27. The standard InChI is InChI=1S/C21H20F3N3O2/c22-21(23,24)20(28)27(11-12-29-18-10-4-9-17(25)19(18)26)13-15-7-3-6-14-5-1-2-8-16(14)15/h1-10H,11-13,25-26H2. The fourth-order valence-corrected chi connectivity index (χ4v) is 3.02. The van der Waals surface area contributed by atoms with Crippen LogP contribution >= 0.6 is 0 Å². The van der Waals surface area contributed by atoms with Gasteiger partial charge >= 0.3 is 12.1 Å². The molecule has 4 N–H and O–H groups in total. The zero-order valence-corrected chi connectivity index (χ0v) is 15.4. The summed E-state index contributed by atoms with van der Waals surface area (Å²) in [5, 5.41) is 1.67. The molecule has 3 aromatic carbocycles. The van der Waals surface area contributed by atoms with Crippen LogP contribution in [0.2, 0.25) is 0 Å². The molecular weight excluding hydrogens is 383 g/mol. The second kappa shape index (κ2) is 8.30. The molecule has 0 radical (unpaired) electrons. The Bertz CT molecular complexity index is 1020. The van der Waals surface area contributed by atoms with E-state index >= 15 is 0 Å². The Morgan fingerprint density at radius 2 is 1.66 bits per heavy atom. The molecule has 152 valence electrons. The molecule has 1 amide bonds. The Morgan fingerprint density at radius 3 is 2.41 bits per heavy atom. The fraction of sp³-hybridized carbons (Fsp3) is 0.190. The number of amides is 1. The number of fused-ring (bicyclic) bond motifs is 1. The van der Waals surface area contributed by atoms with E-state index in [1.165, 1.54) is 0 Å². The maximum absolute atomic E-state index is 13.1. The van der Waals surface area contributed by atoms with Crippen LogP contribution in [0.25, 0.3) is 10.8 Å². The minimum Gasteiger partial charge on any atom is -0.490 e. The Morgan fingerprint density at radius 1 is 0.966 bits per heavy atom. The molecule has 0 atom stereocenters. The molecule has 3 rings (SSSR count). The number of nitrogen functional groups attached to an aromatic ring is 2. The zero-order valence-electron chi connectivity index (χ0n) is 15.4. The predicted octanol–water partition coefficient (Wildman–Crippen LogP) is 3.97. The number of para-hydroxylation sites is 1. The Labute approximate surface area is 165 Å². The summed E-state index contributed by atoms with van der Waals surface area (Å²) in [7, 11) is 0. The smallest absolute Gasteiger partial charge is 0.471 e.